The Morgan fingerprint density at radius 1 is 1.29 bits per heavy atom. The second kappa shape index (κ2) is 5.17. The number of esters is 1. The van der Waals surface area contributed by atoms with Crippen LogP contribution in [0.3, 0.4) is 0 Å². The molecule has 0 saturated heterocycles. The van der Waals surface area contributed by atoms with E-state index in [0.717, 1.165) is 5.56 Å². The Bertz CT molecular complexity index is 406. The van der Waals surface area contributed by atoms with Crippen molar-refractivity contribution in [3.63, 3.8) is 0 Å². The Labute approximate surface area is 103 Å². The average Bonchev–Trinajstić information content (AvgIpc) is 2.29. The Balaban J connectivity index is 3.07. The first-order chi connectivity index (χ1) is 7.88. The third-order valence-corrected chi connectivity index (χ3v) is 3.10. The van der Waals surface area contributed by atoms with Crippen LogP contribution < -0.4 is 0 Å². The lowest BCUT2D eigenvalue weighted by Gasteiger charge is -2.34. The van der Waals surface area contributed by atoms with E-state index in [4.69, 9.17) is 4.74 Å². The fourth-order valence-corrected chi connectivity index (χ4v) is 1.56. The van der Waals surface area contributed by atoms with E-state index in [1.165, 1.54) is 0 Å². The van der Waals surface area contributed by atoms with Gasteiger partial charge in [0.25, 0.3) is 0 Å². The molecule has 0 aliphatic heterocycles. The van der Waals surface area contributed by atoms with Gasteiger partial charge in [0, 0.05) is 5.57 Å². The molecule has 1 rings (SSSR count). The molecule has 0 aliphatic carbocycles. The summed E-state index contributed by atoms with van der Waals surface area (Å²) in [5.41, 5.74) is 0.814. The monoisotopic (exact) mass is 232 g/mol. The van der Waals surface area contributed by atoms with Crippen LogP contribution in [0.15, 0.2) is 42.5 Å². The quantitative estimate of drug-likeness (QED) is 0.584. The standard InChI is InChI=1S/C15H20O2/c1-11(2)14(16)17-15(5,12(3)4)13-9-7-6-8-10-13/h6-10,12H,1H2,2-5H3. The van der Waals surface area contributed by atoms with Gasteiger partial charge in [-0.25, -0.2) is 4.79 Å². The molecule has 1 atom stereocenters. The van der Waals surface area contributed by atoms with E-state index in [9.17, 15) is 4.79 Å². The molecule has 0 saturated carbocycles. The van der Waals surface area contributed by atoms with Gasteiger partial charge >= 0.3 is 5.97 Å². The maximum atomic E-state index is 11.7. The summed E-state index contributed by atoms with van der Waals surface area (Å²) in [6.07, 6.45) is 0. The summed E-state index contributed by atoms with van der Waals surface area (Å²) in [5, 5.41) is 0. The van der Waals surface area contributed by atoms with Crippen molar-refractivity contribution in [2.75, 3.05) is 0 Å². The van der Waals surface area contributed by atoms with Gasteiger partial charge in [0.1, 0.15) is 5.60 Å². The van der Waals surface area contributed by atoms with Crippen molar-refractivity contribution in [3.05, 3.63) is 48.0 Å². The molecule has 0 aromatic heterocycles. The minimum Gasteiger partial charge on any atom is -0.451 e. The van der Waals surface area contributed by atoms with E-state index in [2.05, 4.69) is 6.58 Å². The van der Waals surface area contributed by atoms with Gasteiger partial charge in [-0.1, -0.05) is 50.8 Å². The Hall–Kier alpha value is -1.57. The molecule has 0 bridgehead atoms. The van der Waals surface area contributed by atoms with E-state index < -0.39 is 5.60 Å². The van der Waals surface area contributed by atoms with Crippen LogP contribution in [0.4, 0.5) is 0 Å². The zero-order valence-electron chi connectivity index (χ0n) is 11.0. The highest BCUT2D eigenvalue weighted by Gasteiger charge is 2.34. The summed E-state index contributed by atoms with van der Waals surface area (Å²) in [6, 6.07) is 9.80. The van der Waals surface area contributed by atoms with Gasteiger partial charge in [-0.3, -0.25) is 0 Å². The Morgan fingerprint density at radius 3 is 2.24 bits per heavy atom. The SMILES string of the molecule is C=C(C)C(=O)OC(C)(c1ccccc1)C(C)C. The second-order valence-corrected chi connectivity index (χ2v) is 4.80. The van der Waals surface area contributed by atoms with Crippen molar-refractivity contribution in [1.29, 1.82) is 0 Å². The second-order valence-electron chi connectivity index (χ2n) is 4.80. The molecule has 1 aromatic carbocycles. The zero-order chi connectivity index (χ0) is 13.1. The van der Waals surface area contributed by atoms with Crippen molar-refractivity contribution in [3.8, 4) is 0 Å². The molecule has 92 valence electrons. The van der Waals surface area contributed by atoms with Crippen LogP contribution in [0.5, 0.6) is 0 Å². The molecule has 0 spiro atoms. The van der Waals surface area contributed by atoms with Gasteiger partial charge in [0.05, 0.1) is 0 Å². The normalized spacial score (nSPS) is 14.2. The molecular weight excluding hydrogens is 212 g/mol. The lowest BCUT2D eigenvalue weighted by Crippen LogP contribution is -2.34. The van der Waals surface area contributed by atoms with Crippen LogP contribution in [0.2, 0.25) is 0 Å². The molecule has 0 aliphatic rings. The van der Waals surface area contributed by atoms with Crippen LogP contribution in [0.1, 0.15) is 33.3 Å². The molecule has 17 heavy (non-hydrogen) atoms. The third kappa shape index (κ3) is 2.96. The minimum absolute atomic E-state index is 0.188. The lowest BCUT2D eigenvalue weighted by atomic mass is 9.85. The van der Waals surface area contributed by atoms with E-state index in [1.54, 1.807) is 6.92 Å². The fourth-order valence-electron chi connectivity index (χ4n) is 1.56. The molecular formula is C15H20O2. The fraction of sp³-hybridized carbons (Fsp3) is 0.400. The molecule has 1 aromatic rings. The van der Waals surface area contributed by atoms with Crippen LogP contribution in [-0.2, 0) is 15.1 Å². The number of benzene rings is 1. The summed E-state index contributed by atoms with van der Waals surface area (Å²) in [6.45, 7) is 11.3. The number of carbonyl (C=O) groups excluding carboxylic acids is 1. The number of hydrogen-bond donors (Lipinski definition) is 0. The summed E-state index contributed by atoms with van der Waals surface area (Å²) >= 11 is 0. The van der Waals surface area contributed by atoms with Crippen LogP contribution in [0, 0.1) is 5.92 Å². The minimum atomic E-state index is -0.614. The smallest absolute Gasteiger partial charge is 0.333 e. The molecule has 0 amide bonds. The number of hydrogen-bond acceptors (Lipinski definition) is 2. The molecule has 2 heteroatoms. The summed E-state index contributed by atoms with van der Waals surface area (Å²) in [7, 11) is 0. The maximum absolute atomic E-state index is 11.7. The highest BCUT2D eigenvalue weighted by atomic mass is 16.6. The summed E-state index contributed by atoms with van der Waals surface area (Å²) in [4.78, 5) is 11.7. The van der Waals surface area contributed by atoms with Gasteiger partial charge in [0.2, 0.25) is 0 Å². The number of rotatable bonds is 4. The molecule has 2 nitrogen and oxygen atoms in total. The van der Waals surface area contributed by atoms with Gasteiger partial charge < -0.3 is 4.74 Å². The van der Waals surface area contributed by atoms with E-state index in [-0.39, 0.29) is 11.9 Å². The van der Waals surface area contributed by atoms with Crippen LogP contribution in [-0.4, -0.2) is 5.97 Å². The highest BCUT2D eigenvalue weighted by Crippen LogP contribution is 2.33. The third-order valence-electron chi connectivity index (χ3n) is 3.10. The Kier molecular flexibility index (Phi) is 4.11. The topological polar surface area (TPSA) is 26.3 Å². The largest absolute Gasteiger partial charge is 0.451 e. The average molecular weight is 232 g/mol. The van der Waals surface area contributed by atoms with Crippen molar-refractivity contribution in [1.82, 2.24) is 0 Å². The first kappa shape index (κ1) is 13.5. The Morgan fingerprint density at radius 2 is 1.82 bits per heavy atom. The predicted octanol–water partition coefficient (Wildman–Crippen LogP) is 3.68. The first-order valence-corrected chi connectivity index (χ1v) is 5.82. The maximum Gasteiger partial charge on any atom is 0.333 e. The van der Waals surface area contributed by atoms with E-state index >= 15 is 0 Å². The molecule has 0 radical (unpaired) electrons. The number of carbonyl (C=O) groups is 1. The number of ether oxygens (including phenoxy) is 1. The van der Waals surface area contributed by atoms with E-state index in [1.807, 2.05) is 51.1 Å². The predicted molar refractivity (Wildman–Crippen MR) is 69.5 cm³/mol. The van der Waals surface area contributed by atoms with Crippen molar-refractivity contribution in [2.45, 2.75) is 33.3 Å². The molecule has 0 N–H and O–H groups in total. The molecule has 1 unspecified atom stereocenters. The zero-order valence-corrected chi connectivity index (χ0v) is 11.0. The van der Waals surface area contributed by atoms with Gasteiger partial charge in [0.15, 0.2) is 0 Å². The van der Waals surface area contributed by atoms with Gasteiger partial charge in [-0.15, -0.1) is 0 Å². The van der Waals surface area contributed by atoms with Gasteiger partial charge in [-0.05, 0) is 25.3 Å². The van der Waals surface area contributed by atoms with Crippen molar-refractivity contribution < 1.29 is 9.53 Å². The lowest BCUT2D eigenvalue weighted by molar-refractivity contribution is -0.159. The molecule has 0 fully saturated rings. The van der Waals surface area contributed by atoms with Crippen LogP contribution in [0.25, 0.3) is 0 Å². The first-order valence-electron chi connectivity index (χ1n) is 5.82. The highest BCUT2D eigenvalue weighted by molar-refractivity contribution is 5.87. The molecule has 0 heterocycles. The van der Waals surface area contributed by atoms with E-state index in [0.29, 0.717) is 5.57 Å². The van der Waals surface area contributed by atoms with Crippen molar-refractivity contribution in [2.24, 2.45) is 5.92 Å². The summed E-state index contributed by atoms with van der Waals surface area (Å²) < 4.78 is 5.61. The van der Waals surface area contributed by atoms with Crippen LogP contribution >= 0.6 is 0 Å². The van der Waals surface area contributed by atoms with Crippen molar-refractivity contribution >= 4 is 5.97 Å². The van der Waals surface area contributed by atoms with Gasteiger partial charge in [-0.2, -0.15) is 0 Å². The summed E-state index contributed by atoms with van der Waals surface area (Å²) in [5.74, 6) is -0.154.